The van der Waals surface area contributed by atoms with E-state index in [1.165, 1.54) is 11.3 Å². The number of nitrogens with zero attached hydrogens (tertiary/aromatic N) is 2. The van der Waals surface area contributed by atoms with Crippen LogP contribution in [0.3, 0.4) is 0 Å². The van der Waals surface area contributed by atoms with Crippen LogP contribution in [-0.2, 0) is 6.42 Å². The zero-order valence-corrected chi connectivity index (χ0v) is 10.8. The average molecular weight is 242 g/mol. The van der Waals surface area contributed by atoms with Crippen molar-refractivity contribution in [3.8, 4) is 0 Å². The topological polar surface area (TPSA) is 53.4 Å². The van der Waals surface area contributed by atoms with E-state index in [4.69, 9.17) is 5.11 Å². The van der Waals surface area contributed by atoms with Crippen LogP contribution < -0.4 is 0 Å². The molecule has 1 atom stereocenters. The maximum atomic E-state index is 11.9. The summed E-state index contributed by atoms with van der Waals surface area (Å²) in [6.07, 6.45) is 2.71. The van der Waals surface area contributed by atoms with Gasteiger partial charge < -0.3 is 10.0 Å². The lowest BCUT2D eigenvalue weighted by Gasteiger charge is -2.16. The van der Waals surface area contributed by atoms with Crippen LogP contribution in [0.5, 0.6) is 0 Å². The van der Waals surface area contributed by atoms with E-state index in [0.717, 1.165) is 11.4 Å². The SMILES string of the molecule is CCc1ncc(C(=O)N(C)CCC(C)O)s1. The normalized spacial score (nSPS) is 12.5. The van der Waals surface area contributed by atoms with E-state index in [-0.39, 0.29) is 12.0 Å². The van der Waals surface area contributed by atoms with Crippen LogP contribution in [0.2, 0.25) is 0 Å². The van der Waals surface area contributed by atoms with E-state index >= 15 is 0 Å². The van der Waals surface area contributed by atoms with Gasteiger partial charge in [0, 0.05) is 13.6 Å². The van der Waals surface area contributed by atoms with Crippen LogP contribution in [0.4, 0.5) is 0 Å². The highest BCUT2D eigenvalue weighted by Crippen LogP contribution is 2.15. The molecule has 5 heteroatoms. The molecule has 1 N–H and O–H groups in total. The van der Waals surface area contributed by atoms with Crippen LogP contribution in [0, 0.1) is 0 Å². The van der Waals surface area contributed by atoms with E-state index in [9.17, 15) is 4.79 Å². The number of aliphatic hydroxyl groups excluding tert-OH is 1. The first kappa shape index (κ1) is 13.1. The van der Waals surface area contributed by atoms with E-state index in [2.05, 4.69) is 4.98 Å². The predicted octanol–water partition coefficient (Wildman–Crippen LogP) is 1.55. The monoisotopic (exact) mass is 242 g/mol. The Morgan fingerprint density at radius 1 is 1.69 bits per heavy atom. The number of amides is 1. The van der Waals surface area contributed by atoms with E-state index in [1.807, 2.05) is 6.92 Å². The van der Waals surface area contributed by atoms with Crippen LogP contribution in [0.1, 0.15) is 34.9 Å². The zero-order chi connectivity index (χ0) is 12.1. The third kappa shape index (κ3) is 3.57. The van der Waals surface area contributed by atoms with E-state index in [1.54, 1.807) is 25.1 Å². The second-order valence-electron chi connectivity index (χ2n) is 3.84. The molecular weight excluding hydrogens is 224 g/mol. The van der Waals surface area contributed by atoms with Crippen molar-refractivity contribution in [2.75, 3.05) is 13.6 Å². The highest BCUT2D eigenvalue weighted by molar-refractivity contribution is 7.13. The Morgan fingerprint density at radius 3 is 2.88 bits per heavy atom. The van der Waals surface area contributed by atoms with Gasteiger partial charge in [-0.1, -0.05) is 6.92 Å². The quantitative estimate of drug-likeness (QED) is 0.852. The first-order valence-corrected chi connectivity index (χ1v) is 6.24. The van der Waals surface area contributed by atoms with Gasteiger partial charge in [-0.05, 0) is 19.8 Å². The molecule has 1 unspecified atom stereocenters. The molecule has 0 fully saturated rings. The fourth-order valence-electron chi connectivity index (χ4n) is 1.24. The third-order valence-corrected chi connectivity index (χ3v) is 3.43. The van der Waals surface area contributed by atoms with Gasteiger partial charge in [0.1, 0.15) is 4.88 Å². The van der Waals surface area contributed by atoms with Gasteiger partial charge in [-0.15, -0.1) is 11.3 Å². The number of aliphatic hydroxyl groups is 1. The van der Waals surface area contributed by atoms with Crippen LogP contribution in [0.15, 0.2) is 6.20 Å². The number of carbonyl (C=O) groups is 1. The second kappa shape index (κ2) is 5.96. The molecule has 0 bridgehead atoms. The average Bonchev–Trinajstić information content (AvgIpc) is 2.73. The molecule has 0 saturated heterocycles. The summed E-state index contributed by atoms with van der Waals surface area (Å²) < 4.78 is 0. The van der Waals surface area contributed by atoms with Gasteiger partial charge in [-0.25, -0.2) is 4.98 Å². The van der Waals surface area contributed by atoms with Crippen molar-refractivity contribution in [3.63, 3.8) is 0 Å². The molecule has 4 nitrogen and oxygen atoms in total. The van der Waals surface area contributed by atoms with Crippen molar-refractivity contribution in [2.45, 2.75) is 32.8 Å². The Hall–Kier alpha value is -0.940. The molecular formula is C11H18N2O2S. The Balaban J connectivity index is 2.56. The summed E-state index contributed by atoms with van der Waals surface area (Å²) >= 11 is 1.44. The molecule has 1 aromatic rings. The molecule has 0 aliphatic heterocycles. The fourth-order valence-corrected chi connectivity index (χ4v) is 2.09. The van der Waals surface area contributed by atoms with E-state index < -0.39 is 0 Å². The molecule has 16 heavy (non-hydrogen) atoms. The number of aryl methyl sites for hydroxylation is 1. The highest BCUT2D eigenvalue weighted by Gasteiger charge is 2.14. The summed E-state index contributed by atoms with van der Waals surface area (Å²) in [6.45, 7) is 4.31. The Labute approximate surface area is 99.9 Å². The lowest BCUT2D eigenvalue weighted by molar-refractivity contribution is 0.0773. The smallest absolute Gasteiger partial charge is 0.265 e. The Kier molecular flexibility index (Phi) is 4.89. The van der Waals surface area contributed by atoms with Crippen molar-refractivity contribution in [1.82, 2.24) is 9.88 Å². The van der Waals surface area contributed by atoms with Crippen LogP contribution in [-0.4, -0.2) is 40.6 Å². The largest absolute Gasteiger partial charge is 0.393 e. The molecule has 90 valence electrons. The lowest BCUT2D eigenvalue weighted by atomic mass is 10.3. The maximum Gasteiger partial charge on any atom is 0.265 e. The molecule has 1 heterocycles. The number of hydrogen-bond acceptors (Lipinski definition) is 4. The molecule has 0 saturated carbocycles. The maximum absolute atomic E-state index is 11.9. The molecule has 0 radical (unpaired) electrons. The Bertz CT molecular complexity index is 350. The van der Waals surface area contributed by atoms with E-state index in [0.29, 0.717) is 17.8 Å². The summed E-state index contributed by atoms with van der Waals surface area (Å²) in [5.41, 5.74) is 0. The lowest BCUT2D eigenvalue weighted by Crippen LogP contribution is -2.28. The summed E-state index contributed by atoms with van der Waals surface area (Å²) in [5, 5.41) is 10.1. The molecule has 0 aliphatic rings. The molecule has 1 aromatic heterocycles. The fraction of sp³-hybridized carbons (Fsp3) is 0.636. The molecule has 0 aliphatic carbocycles. The number of hydrogen-bond donors (Lipinski definition) is 1. The summed E-state index contributed by atoms with van der Waals surface area (Å²) in [6, 6.07) is 0. The predicted molar refractivity (Wildman–Crippen MR) is 64.8 cm³/mol. The minimum Gasteiger partial charge on any atom is -0.393 e. The number of aromatic nitrogens is 1. The minimum absolute atomic E-state index is 0.0159. The Morgan fingerprint density at radius 2 is 2.38 bits per heavy atom. The van der Waals surface area contributed by atoms with Crippen molar-refractivity contribution in [2.24, 2.45) is 0 Å². The third-order valence-electron chi connectivity index (χ3n) is 2.30. The van der Waals surface area contributed by atoms with Crippen LogP contribution >= 0.6 is 11.3 Å². The molecule has 0 aromatic carbocycles. The van der Waals surface area contributed by atoms with Crippen molar-refractivity contribution in [1.29, 1.82) is 0 Å². The summed E-state index contributed by atoms with van der Waals surface area (Å²) in [5.74, 6) is -0.0159. The van der Waals surface area contributed by atoms with Crippen molar-refractivity contribution in [3.05, 3.63) is 16.1 Å². The van der Waals surface area contributed by atoms with Gasteiger partial charge >= 0.3 is 0 Å². The molecule has 0 spiro atoms. The second-order valence-corrected chi connectivity index (χ2v) is 4.95. The van der Waals surface area contributed by atoms with Gasteiger partial charge in [0.2, 0.25) is 0 Å². The van der Waals surface area contributed by atoms with Gasteiger partial charge in [0.05, 0.1) is 17.3 Å². The standard InChI is InChI=1S/C11H18N2O2S/c1-4-10-12-7-9(16-10)11(15)13(3)6-5-8(2)14/h7-8,14H,4-6H2,1-3H3. The number of thiazole rings is 1. The number of carbonyl (C=O) groups excluding carboxylic acids is 1. The van der Waals surface area contributed by atoms with Crippen molar-refractivity contribution >= 4 is 17.2 Å². The minimum atomic E-state index is -0.372. The molecule has 1 amide bonds. The summed E-state index contributed by atoms with van der Waals surface area (Å²) in [4.78, 5) is 18.4. The summed E-state index contributed by atoms with van der Waals surface area (Å²) in [7, 11) is 1.75. The first-order chi connectivity index (χ1) is 7.54. The van der Waals surface area contributed by atoms with Gasteiger partial charge in [-0.2, -0.15) is 0 Å². The number of rotatable bonds is 5. The van der Waals surface area contributed by atoms with Gasteiger partial charge in [0.25, 0.3) is 5.91 Å². The zero-order valence-electron chi connectivity index (χ0n) is 9.93. The van der Waals surface area contributed by atoms with Gasteiger partial charge in [-0.3, -0.25) is 4.79 Å². The molecule has 1 rings (SSSR count). The highest BCUT2D eigenvalue weighted by atomic mass is 32.1. The first-order valence-electron chi connectivity index (χ1n) is 5.42. The van der Waals surface area contributed by atoms with Gasteiger partial charge in [0.15, 0.2) is 0 Å². The van der Waals surface area contributed by atoms with Crippen LogP contribution in [0.25, 0.3) is 0 Å². The van der Waals surface area contributed by atoms with Crippen molar-refractivity contribution < 1.29 is 9.90 Å².